The molecule has 0 atom stereocenters. The highest BCUT2D eigenvalue weighted by molar-refractivity contribution is 7.99. The van der Waals surface area contributed by atoms with Crippen molar-refractivity contribution < 1.29 is 0 Å². The monoisotopic (exact) mass is 269 g/mol. The van der Waals surface area contributed by atoms with Crippen molar-refractivity contribution >= 4 is 17.6 Å². The minimum absolute atomic E-state index is 0.0978. The summed E-state index contributed by atoms with van der Waals surface area (Å²) in [6.07, 6.45) is 3.24. The quantitative estimate of drug-likeness (QED) is 0.665. The minimum atomic E-state index is 0.0978. The van der Waals surface area contributed by atoms with Crippen LogP contribution in [-0.4, -0.2) is 10.8 Å². The van der Waals surface area contributed by atoms with Crippen LogP contribution in [0.3, 0.4) is 0 Å². The zero-order chi connectivity index (χ0) is 13.2. The lowest BCUT2D eigenvalue weighted by molar-refractivity contribution is 0.891. The van der Waals surface area contributed by atoms with Crippen molar-refractivity contribution in [1.82, 2.24) is 4.98 Å². The van der Waals surface area contributed by atoms with Gasteiger partial charge in [0.05, 0.1) is 0 Å². The van der Waals surface area contributed by atoms with Gasteiger partial charge in [0, 0.05) is 16.2 Å². The number of benzene rings is 1. The Morgan fingerprint density at radius 2 is 2.00 bits per heavy atom. The van der Waals surface area contributed by atoms with Gasteiger partial charge in [-0.05, 0) is 43.0 Å². The van der Waals surface area contributed by atoms with Crippen LogP contribution in [0.2, 0.25) is 0 Å². The molecule has 4 heteroatoms. The number of aromatic nitrogens is 1. The number of nitrogen functional groups attached to an aromatic ring is 1. The molecule has 2 aromatic rings. The van der Waals surface area contributed by atoms with E-state index in [0.29, 0.717) is 0 Å². The van der Waals surface area contributed by atoms with E-state index in [1.165, 1.54) is 11.3 Å². The Kier molecular flexibility index (Phi) is 3.25. The number of pyridine rings is 1. The van der Waals surface area contributed by atoms with E-state index >= 15 is 0 Å². The second kappa shape index (κ2) is 5.05. The molecule has 0 saturated carbocycles. The fourth-order valence-corrected chi connectivity index (χ4v) is 3.28. The molecule has 0 saturated heterocycles. The van der Waals surface area contributed by atoms with E-state index in [4.69, 9.17) is 16.1 Å². The molecule has 0 fully saturated rings. The van der Waals surface area contributed by atoms with E-state index in [9.17, 15) is 0 Å². The second-order valence-electron chi connectivity index (χ2n) is 4.63. The van der Waals surface area contributed by atoms with E-state index in [-0.39, 0.29) is 5.84 Å². The van der Waals surface area contributed by atoms with Crippen LogP contribution in [0.5, 0.6) is 0 Å². The van der Waals surface area contributed by atoms with E-state index in [1.54, 1.807) is 11.8 Å². The third-order valence-electron chi connectivity index (χ3n) is 3.26. The van der Waals surface area contributed by atoms with Gasteiger partial charge in [-0.3, -0.25) is 5.41 Å². The number of amidine groups is 1. The molecule has 0 amide bonds. The number of rotatable bonds is 3. The number of aryl methyl sites for hydroxylation is 2. The summed E-state index contributed by atoms with van der Waals surface area (Å²) < 4.78 is 0. The lowest BCUT2D eigenvalue weighted by atomic mass is 10.1. The number of nitrogens with two attached hydrogens (primary N) is 1. The highest BCUT2D eigenvalue weighted by Crippen LogP contribution is 2.32. The summed E-state index contributed by atoms with van der Waals surface area (Å²) in [5.41, 5.74) is 8.87. The summed E-state index contributed by atoms with van der Waals surface area (Å²) >= 11 is 1.58. The highest BCUT2D eigenvalue weighted by Gasteiger charge is 2.18. The van der Waals surface area contributed by atoms with Crippen LogP contribution < -0.4 is 5.73 Å². The molecule has 0 unspecified atom stereocenters. The van der Waals surface area contributed by atoms with Crippen molar-refractivity contribution in [1.29, 1.82) is 5.41 Å². The van der Waals surface area contributed by atoms with Crippen LogP contribution in [0.25, 0.3) is 0 Å². The van der Waals surface area contributed by atoms with Crippen LogP contribution in [0.1, 0.15) is 23.2 Å². The predicted molar refractivity (Wildman–Crippen MR) is 77.8 cm³/mol. The third kappa shape index (κ3) is 2.49. The van der Waals surface area contributed by atoms with Crippen LogP contribution in [-0.2, 0) is 12.8 Å². The van der Waals surface area contributed by atoms with Gasteiger partial charge in [-0.15, -0.1) is 0 Å². The Balaban J connectivity index is 2.02. The normalized spacial score (nSPS) is 13.3. The summed E-state index contributed by atoms with van der Waals surface area (Å²) in [6.45, 7) is 0. The van der Waals surface area contributed by atoms with Gasteiger partial charge >= 0.3 is 0 Å². The van der Waals surface area contributed by atoms with Gasteiger partial charge in [0.15, 0.2) is 0 Å². The largest absolute Gasteiger partial charge is 0.384 e. The molecule has 1 aliphatic carbocycles. The molecule has 3 N–H and O–H groups in total. The van der Waals surface area contributed by atoms with E-state index in [2.05, 4.69) is 0 Å². The minimum Gasteiger partial charge on any atom is -0.384 e. The summed E-state index contributed by atoms with van der Waals surface area (Å²) in [5, 5.41) is 8.58. The standard InChI is InChI=1S/C15H15N3S/c16-14(17)12-9-10-5-4-8-13(10)18-15(12)19-11-6-2-1-3-7-11/h1-3,6-7,9H,4-5,8H2,(H3,16,17). The fourth-order valence-electron chi connectivity index (χ4n) is 2.32. The average molecular weight is 269 g/mol. The Bertz CT molecular complexity index is 623. The average Bonchev–Trinajstić information content (AvgIpc) is 2.86. The first-order valence-electron chi connectivity index (χ1n) is 6.34. The molecule has 0 spiro atoms. The topological polar surface area (TPSA) is 62.8 Å². The van der Waals surface area contributed by atoms with Crippen molar-refractivity contribution in [2.75, 3.05) is 0 Å². The summed E-state index contributed by atoms with van der Waals surface area (Å²) in [7, 11) is 0. The molecule has 0 aliphatic heterocycles. The molecule has 3 nitrogen and oxygen atoms in total. The van der Waals surface area contributed by atoms with Crippen LogP contribution in [0, 0.1) is 5.41 Å². The molecule has 19 heavy (non-hydrogen) atoms. The van der Waals surface area contributed by atoms with E-state index in [1.807, 2.05) is 36.4 Å². The van der Waals surface area contributed by atoms with Gasteiger partial charge in [-0.25, -0.2) is 4.98 Å². The Morgan fingerprint density at radius 1 is 1.21 bits per heavy atom. The molecule has 1 heterocycles. The van der Waals surface area contributed by atoms with E-state index < -0.39 is 0 Å². The molecule has 1 aromatic heterocycles. The first-order valence-corrected chi connectivity index (χ1v) is 7.16. The first kappa shape index (κ1) is 12.2. The third-order valence-corrected chi connectivity index (χ3v) is 4.28. The lowest BCUT2D eigenvalue weighted by Crippen LogP contribution is -2.14. The van der Waals surface area contributed by atoms with Crippen LogP contribution in [0.4, 0.5) is 0 Å². The fraction of sp³-hybridized carbons (Fsp3) is 0.200. The summed E-state index contributed by atoms with van der Waals surface area (Å²) in [4.78, 5) is 5.83. The summed E-state index contributed by atoms with van der Waals surface area (Å²) in [5.74, 6) is 0.0978. The van der Waals surface area contributed by atoms with Crippen molar-refractivity contribution in [2.24, 2.45) is 5.73 Å². The summed E-state index contributed by atoms with van der Waals surface area (Å²) in [6, 6.07) is 12.1. The molecule has 96 valence electrons. The first-order chi connectivity index (χ1) is 9.24. The highest BCUT2D eigenvalue weighted by atomic mass is 32.2. The molecule has 1 aliphatic rings. The maximum absolute atomic E-state index is 7.73. The zero-order valence-corrected chi connectivity index (χ0v) is 11.3. The number of nitrogens with zero attached hydrogens (tertiary/aromatic N) is 1. The molecule has 3 rings (SSSR count). The van der Waals surface area contributed by atoms with Crippen molar-refractivity contribution in [3.8, 4) is 0 Å². The SMILES string of the molecule is N=C(N)c1cc2c(nc1Sc1ccccc1)CCC2. The van der Waals surface area contributed by atoms with Crippen molar-refractivity contribution in [3.63, 3.8) is 0 Å². The molecular weight excluding hydrogens is 254 g/mol. The zero-order valence-electron chi connectivity index (χ0n) is 10.5. The van der Waals surface area contributed by atoms with E-state index in [0.717, 1.165) is 34.7 Å². The Hall–Kier alpha value is -1.81. The number of fused-ring (bicyclic) bond motifs is 1. The van der Waals surface area contributed by atoms with Gasteiger partial charge < -0.3 is 5.73 Å². The predicted octanol–water partition coefficient (Wildman–Crippen LogP) is 3.01. The van der Waals surface area contributed by atoms with Gasteiger partial charge in [0.25, 0.3) is 0 Å². The van der Waals surface area contributed by atoms with Crippen LogP contribution >= 0.6 is 11.8 Å². The lowest BCUT2D eigenvalue weighted by Gasteiger charge is -2.10. The molecular formula is C15H15N3S. The Morgan fingerprint density at radius 3 is 2.74 bits per heavy atom. The van der Waals surface area contributed by atoms with Crippen molar-refractivity contribution in [2.45, 2.75) is 29.2 Å². The second-order valence-corrected chi connectivity index (χ2v) is 5.69. The molecule has 0 radical (unpaired) electrons. The number of nitrogens with one attached hydrogen (secondary N) is 1. The number of hydrogen-bond acceptors (Lipinski definition) is 3. The molecule has 0 bridgehead atoms. The van der Waals surface area contributed by atoms with Gasteiger partial charge in [0.1, 0.15) is 10.9 Å². The number of hydrogen-bond donors (Lipinski definition) is 2. The Labute approximate surface area is 116 Å². The van der Waals surface area contributed by atoms with Crippen LogP contribution in [0.15, 0.2) is 46.3 Å². The van der Waals surface area contributed by atoms with Gasteiger partial charge in [0.2, 0.25) is 0 Å². The molecule has 1 aromatic carbocycles. The van der Waals surface area contributed by atoms with Gasteiger partial charge in [-0.1, -0.05) is 30.0 Å². The van der Waals surface area contributed by atoms with Gasteiger partial charge in [-0.2, -0.15) is 0 Å². The smallest absolute Gasteiger partial charge is 0.125 e. The maximum atomic E-state index is 7.73. The maximum Gasteiger partial charge on any atom is 0.125 e. The van der Waals surface area contributed by atoms with Crippen molar-refractivity contribution in [3.05, 3.63) is 53.2 Å².